The summed E-state index contributed by atoms with van der Waals surface area (Å²) in [6.45, 7) is 5.02. The minimum absolute atomic E-state index is 0.0786. The first-order valence-electron chi connectivity index (χ1n) is 11.5. The summed E-state index contributed by atoms with van der Waals surface area (Å²) in [6.07, 6.45) is 4.56. The van der Waals surface area contributed by atoms with Crippen molar-refractivity contribution in [2.75, 3.05) is 44.3 Å². The molecule has 1 saturated heterocycles. The lowest BCUT2D eigenvalue weighted by Crippen LogP contribution is -2.52. The summed E-state index contributed by atoms with van der Waals surface area (Å²) in [4.78, 5) is 26.1. The van der Waals surface area contributed by atoms with E-state index in [1.807, 2.05) is 48.2 Å². The highest BCUT2D eigenvalue weighted by Gasteiger charge is 2.32. The molecule has 3 N–H and O–H groups in total. The van der Waals surface area contributed by atoms with Gasteiger partial charge in [-0.25, -0.2) is 0 Å². The molecule has 180 valence electrons. The molecule has 1 aromatic carbocycles. The molecular weight excluding hydrogens is 424 g/mol. The van der Waals surface area contributed by atoms with E-state index >= 15 is 0 Å². The lowest BCUT2D eigenvalue weighted by molar-refractivity contribution is -0.162. The predicted octanol–water partition coefficient (Wildman–Crippen LogP) is 2.04. The number of aliphatic hydroxyl groups is 1. The first-order valence-corrected chi connectivity index (χ1v) is 11.5. The van der Waals surface area contributed by atoms with Crippen molar-refractivity contribution in [1.29, 1.82) is 0 Å². The maximum absolute atomic E-state index is 13.3. The van der Waals surface area contributed by atoms with Crippen LogP contribution in [0.1, 0.15) is 25.3 Å². The van der Waals surface area contributed by atoms with Crippen LogP contribution in [0.15, 0.2) is 48.8 Å². The summed E-state index contributed by atoms with van der Waals surface area (Å²) in [5.41, 5.74) is 3.83. The van der Waals surface area contributed by atoms with E-state index in [2.05, 4.69) is 9.88 Å². The Kier molecular flexibility index (Phi) is 9.89. The summed E-state index contributed by atoms with van der Waals surface area (Å²) in [7, 11) is 0. The third-order valence-electron chi connectivity index (χ3n) is 5.93. The smallest absolute Gasteiger partial charge is 0.228 e. The molecule has 0 radical (unpaired) electrons. The van der Waals surface area contributed by atoms with Crippen molar-refractivity contribution in [1.82, 2.24) is 15.5 Å². The molecule has 2 atom stereocenters. The molecule has 1 aliphatic rings. The lowest BCUT2D eigenvalue weighted by Gasteiger charge is -2.38. The predicted molar refractivity (Wildman–Crippen MR) is 124 cm³/mol. The SMILES string of the molecule is CCOc1ccc(CCC[C@@H](C(=O)N2CCN(c3ccncc3)CC2)[C@H](O)CONO)cc1. The van der Waals surface area contributed by atoms with Crippen molar-refractivity contribution in [3.63, 3.8) is 0 Å². The summed E-state index contributed by atoms with van der Waals surface area (Å²) in [5, 5.41) is 19.3. The molecule has 0 bridgehead atoms. The van der Waals surface area contributed by atoms with Gasteiger partial charge in [0.25, 0.3) is 0 Å². The Hall–Kier alpha value is -2.72. The molecule has 2 aromatic rings. The van der Waals surface area contributed by atoms with E-state index < -0.39 is 12.0 Å². The van der Waals surface area contributed by atoms with E-state index in [1.54, 1.807) is 18.0 Å². The number of aromatic nitrogens is 1. The second-order valence-electron chi connectivity index (χ2n) is 8.06. The van der Waals surface area contributed by atoms with Gasteiger partial charge in [0.2, 0.25) is 5.91 Å². The Balaban J connectivity index is 1.55. The molecule has 1 amide bonds. The van der Waals surface area contributed by atoms with Crippen LogP contribution in [0.3, 0.4) is 0 Å². The van der Waals surface area contributed by atoms with Crippen molar-refractivity contribution < 1.29 is 24.7 Å². The van der Waals surface area contributed by atoms with Crippen LogP contribution in [-0.2, 0) is 16.1 Å². The van der Waals surface area contributed by atoms with Gasteiger partial charge in [-0.2, -0.15) is 0 Å². The number of hydrogen-bond acceptors (Lipinski definition) is 8. The number of nitrogens with one attached hydrogen (secondary N) is 1. The third-order valence-corrected chi connectivity index (χ3v) is 5.93. The number of piperazine rings is 1. The van der Waals surface area contributed by atoms with E-state index in [0.717, 1.165) is 42.9 Å². The molecule has 9 nitrogen and oxygen atoms in total. The Bertz CT molecular complexity index is 829. The number of nitrogens with zero attached hydrogens (tertiary/aromatic N) is 3. The molecule has 0 saturated carbocycles. The maximum atomic E-state index is 13.3. The van der Waals surface area contributed by atoms with Crippen LogP contribution in [0, 0.1) is 5.92 Å². The molecule has 9 heteroatoms. The second-order valence-corrected chi connectivity index (χ2v) is 8.06. The summed E-state index contributed by atoms with van der Waals surface area (Å²) < 4.78 is 5.48. The van der Waals surface area contributed by atoms with Crippen molar-refractivity contribution >= 4 is 11.6 Å². The number of carbonyl (C=O) groups is 1. The zero-order valence-electron chi connectivity index (χ0n) is 19.1. The molecular formula is C24H34N4O5. The van der Waals surface area contributed by atoms with Gasteiger partial charge in [-0.15, -0.1) is 0 Å². The molecule has 0 spiro atoms. The average molecular weight is 459 g/mol. The van der Waals surface area contributed by atoms with Crippen molar-refractivity contribution in [3.05, 3.63) is 54.4 Å². The van der Waals surface area contributed by atoms with E-state index in [-0.39, 0.29) is 12.5 Å². The van der Waals surface area contributed by atoms with E-state index in [4.69, 9.17) is 14.8 Å². The van der Waals surface area contributed by atoms with Crippen LogP contribution in [0.5, 0.6) is 5.75 Å². The van der Waals surface area contributed by atoms with Crippen LogP contribution in [0.2, 0.25) is 0 Å². The minimum atomic E-state index is -1.02. The summed E-state index contributed by atoms with van der Waals surface area (Å²) >= 11 is 0. The molecule has 1 fully saturated rings. The Morgan fingerprint density at radius 3 is 2.45 bits per heavy atom. The number of ether oxygens (including phenoxy) is 1. The van der Waals surface area contributed by atoms with Gasteiger partial charge < -0.3 is 19.6 Å². The normalized spacial score (nSPS) is 15.8. The maximum Gasteiger partial charge on any atom is 0.228 e. The molecule has 0 unspecified atom stereocenters. The number of benzene rings is 1. The zero-order chi connectivity index (χ0) is 23.5. The van der Waals surface area contributed by atoms with Crippen LogP contribution in [0.25, 0.3) is 0 Å². The molecule has 1 aromatic heterocycles. The molecule has 0 aliphatic carbocycles. The highest BCUT2D eigenvalue weighted by atomic mass is 16.8. The van der Waals surface area contributed by atoms with E-state index in [1.165, 1.54) is 0 Å². The number of hydrogen-bond donors (Lipinski definition) is 3. The van der Waals surface area contributed by atoms with Gasteiger partial charge in [0.05, 0.1) is 25.2 Å². The van der Waals surface area contributed by atoms with Crippen LogP contribution >= 0.6 is 0 Å². The third kappa shape index (κ3) is 7.40. The van der Waals surface area contributed by atoms with Crippen LogP contribution in [0.4, 0.5) is 5.69 Å². The summed E-state index contributed by atoms with van der Waals surface area (Å²) in [6, 6.07) is 11.9. The van der Waals surface area contributed by atoms with Gasteiger partial charge in [-0.1, -0.05) is 17.8 Å². The number of aliphatic hydroxyl groups excluding tert-OH is 1. The zero-order valence-corrected chi connectivity index (χ0v) is 19.1. The van der Waals surface area contributed by atoms with Crippen LogP contribution < -0.4 is 15.3 Å². The Morgan fingerprint density at radius 1 is 1.12 bits per heavy atom. The number of amides is 1. The first-order chi connectivity index (χ1) is 16.1. The molecule has 3 rings (SSSR count). The van der Waals surface area contributed by atoms with E-state index in [9.17, 15) is 9.90 Å². The fraction of sp³-hybridized carbons (Fsp3) is 0.500. The highest BCUT2D eigenvalue weighted by molar-refractivity contribution is 5.79. The van der Waals surface area contributed by atoms with Gasteiger partial charge >= 0.3 is 0 Å². The lowest BCUT2D eigenvalue weighted by atomic mass is 9.93. The first kappa shape index (κ1) is 24.9. The number of pyridine rings is 1. The Labute approximate surface area is 194 Å². The van der Waals surface area contributed by atoms with Crippen LogP contribution in [-0.4, -0.2) is 71.6 Å². The largest absolute Gasteiger partial charge is 0.494 e. The fourth-order valence-electron chi connectivity index (χ4n) is 4.14. The number of anilines is 1. The van der Waals surface area contributed by atoms with Gasteiger partial charge in [0.1, 0.15) is 5.75 Å². The highest BCUT2D eigenvalue weighted by Crippen LogP contribution is 2.22. The van der Waals surface area contributed by atoms with Crippen molar-refractivity contribution in [2.45, 2.75) is 32.3 Å². The van der Waals surface area contributed by atoms with Gasteiger partial charge in [0, 0.05) is 44.3 Å². The van der Waals surface area contributed by atoms with Crippen molar-refractivity contribution in [3.8, 4) is 5.75 Å². The second kappa shape index (κ2) is 13.1. The summed E-state index contributed by atoms with van der Waals surface area (Å²) in [5.74, 6) is 0.155. The number of carbonyl (C=O) groups excluding carboxylic acids is 1. The van der Waals surface area contributed by atoms with Gasteiger partial charge in [-0.3, -0.25) is 19.8 Å². The van der Waals surface area contributed by atoms with E-state index in [0.29, 0.717) is 26.1 Å². The minimum Gasteiger partial charge on any atom is -0.494 e. The number of rotatable bonds is 12. The quantitative estimate of drug-likeness (QED) is 0.415. The fourth-order valence-corrected chi connectivity index (χ4v) is 4.14. The van der Waals surface area contributed by atoms with Gasteiger partial charge in [-0.05, 0) is 56.0 Å². The average Bonchev–Trinajstić information content (AvgIpc) is 2.86. The molecule has 33 heavy (non-hydrogen) atoms. The number of aryl methyl sites for hydroxylation is 1. The monoisotopic (exact) mass is 458 g/mol. The van der Waals surface area contributed by atoms with Gasteiger partial charge in [0.15, 0.2) is 0 Å². The standard InChI is InChI=1S/C24H34N4O5/c1-2-32-21-8-6-19(7-9-21)4-3-5-22(23(29)18-33-26-31)24(30)28-16-14-27(15-17-28)20-10-12-25-13-11-20/h6-13,22-23,26,29,31H,2-5,14-18H2,1H3/t22-,23-/m1/s1. The molecule has 1 aliphatic heterocycles. The topological polar surface area (TPSA) is 107 Å². The Morgan fingerprint density at radius 2 is 1.82 bits per heavy atom. The molecule has 2 heterocycles. The van der Waals surface area contributed by atoms with Crippen molar-refractivity contribution in [2.24, 2.45) is 5.92 Å².